The minimum atomic E-state index is -1.37. The standard InChI is InChI=1S/C25H29N3O6S/c1-15-8-5-6-11-18(15)21-28(19(14-35-21)23(32)34-25(2,3)4)20(29)13-26-24(33)27-17-10-7-9-16(12-17)22(30)31/h5-12,19,21H,13-14H2,1-4H3,(H,30,31)(H2,26,27,33)/p-1. The van der Waals surface area contributed by atoms with Crippen LogP contribution >= 0.6 is 11.8 Å². The predicted octanol–water partition coefficient (Wildman–Crippen LogP) is 2.46. The molecule has 3 amide bonds. The van der Waals surface area contributed by atoms with Crippen LogP contribution in [-0.4, -0.2) is 52.7 Å². The lowest BCUT2D eigenvalue weighted by molar-refractivity contribution is -0.255. The second-order valence-electron chi connectivity index (χ2n) is 9.07. The molecular weight excluding hydrogens is 470 g/mol. The van der Waals surface area contributed by atoms with E-state index >= 15 is 0 Å². The summed E-state index contributed by atoms with van der Waals surface area (Å²) in [5, 5.41) is 15.6. The summed E-state index contributed by atoms with van der Waals surface area (Å²) in [5.74, 6) is -1.95. The van der Waals surface area contributed by atoms with E-state index in [1.54, 1.807) is 20.8 Å². The summed E-state index contributed by atoms with van der Waals surface area (Å²) in [4.78, 5) is 51.1. The van der Waals surface area contributed by atoms with Gasteiger partial charge >= 0.3 is 12.0 Å². The number of amides is 3. The molecule has 1 heterocycles. The summed E-state index contributed by atoms with van der Waals surface area (Å²) in [6, 6.07) is 11.7. The van der Waals surface area contributed by atoms with Crippen LogP contribution in [0.2, 0.25) is 0 Å². The second kappa shape index (κ2) is 10.8. The van der Waals surface area contributed by atoms with Crippen molar-refractivity contribution in [2.75, 3.05) is 17.6 Å². The third kappa shape index (κ3) is 6.75. The largest absolute Gasteiger partial charge is 0.545 e. The van der Waals surface area contributed by atoms with Crippen molar-refractivity contribution in [3.8, 4) is 0 Å². The zero-order valence-electron chi connectivity index (χ0n) is 20.0. The van der Waals surface area contributed by atoms with E-state index in [0.29, 0.717) is 5.75 Å². The normalized spacial score (nSPS) is 17.5. The molecule has 1 aliphatic rings. The van der Waals surface area contributed by atoms with Crippen LogP contribution in [0.5, 0.6) is 0 Å². The summed E-state index contributed by atoms with van der Waals surface area (Å²) in [6.45, 7) is 6.86. The van der Waals surface area contributed by atoms with E-state index in [0.717, 1.165) is 11.1 Å². The number of hydrogen-bond donors (Lipinski definition) is 2. The molecule has 2 N–H and O–H groups in total. The maximum atomic E-state index is 13.3. The number of carbonyl (C=O) groups is 4. The Balaban J connectivity index is 1.74. The van der Waals surface area contributed by atoms with Gasteiger partial charge in [0.2, 0.25) is 5.91 Å². The van der Waals surface area contributed by atoms with Crippen LogP contribution < -0.4 is 15.7 Å². The lowest BCUT2D eigenvalue weighted by Gasteiger charge is -2.31. The number of aryl methyl sites for hydroxylation is 1. The van der Waals surface area contributed by atoms with Crippen LogP contribution in [0.25, 0.3) is 0 Å². The number of carboxylic acid groups (broad SMARTS) is 1. The number of benzene rings is 2. The van der Waals surface area contributed by atoms with Crippen LogP contribution in [0.3, 0.4) is 0 Å². The number of ether oxygens (including phenoxy) is 1. The Morgan fingerprint density at radius 3 is 2.49 bits per heavy atom. The maximum absolute atomic E-state index is 13.3. The van der Waals surface area contributed by atoms with Crippen LogP contribution in [0.4, 0.5) is 10.5 Å². The molecule has 2 aromatic carbocycles. The van der Waals surface area contributed by atoms with Crippen LogP contribution in [-0.2, 0) is 14.3 Å². The third-order valence-electron chi connectivity index (χ3n) is 5.18. The first-order chi connectivity index (χ1) is 16.5. The smallest absolute Gasteiger partial charge is 0.330 e. The van der Waals surface area contributed by atoms with E-state index in [4.69, 9.17) is 4.74 Å². The molecule has 2 atom stereocenters. The number of hydrogen-bond acceptors (Lipinski definition) is 7. The minimum Gasteiger partial charge on any atom is -0.545 e. The van der Waals surface area contributed by atoms with Gasteiger partial charge in [0.1, 0.15) is 17.0 Å². The molecule has 2 unspecified atom stereocenters. The molecule has 0 aliphatic carbocycles. The van der Waals surface area contributed by atoms with Crippen LogP contribution in [0.1, 0.15) is 47.6 Å². The number of nitrogens with zero attached hydrogens (tertiary/aromatic N) is 1. The van der Waals surface area contributed by atoms with Gasteiger partial charge in [0, 0.05) is 11.4 Å². The molecule has 0 bridgehead atoms. The van der Waals surface area contributed by atoms with Gasteiger partial charge in [-0.1, -0.05) is 36.4 Å². The molecule has 1 aliphatic heterocycles. The Labute approximate surface area is 208 Å². The van der Waals surface area contributed by atoms with Crippen molar-refractivity contribution < 1.29 is 29.0 Å². The summed E-state index contributed by atoms with van der Waals surface area (Å²) in [7, 11) is 0. The van der Waals surface area contributed by atoms with Gasteiger partial charge < -0.3 is 30.2 Å². The lowest BCUT2D eigenvalue weighted by Crippen LogP contribution is -2.49. The third-order valence-corrected chi connectivity index (χ3v) is 6.48. The SMILES string of the molecule is Cc1ccccc1C1SCC(C(=O)OC(C)(C)C)N1C(=O)CNC(=O)Nc1cccc(C(=O)[O-])c1. The molecule has 10 heteroatoms. The molecule has 1 fully saturated rings. The molecule has 3 rings (SSSR count). The van der Waals surface area contributed by atoms with E-state index in [-0.39, 0.29) is 17.8 Å². The molecular formula is C25H28N3O6S-. The first kappa shape index (κ1) is 26.1. The number of carboxylic acids is 1. The van der Waals surface area contributed by atoms with E-state index in [1.807, 2.05) is 31.2 Å². The fourth-order valence-electron chi connectivity index (χ4n) is 3.61. The molecule has 186 valence electrons. The first-order valence-electron chi connectivity index (χ1n) is 11.0. The molecule has 0 spiro atoms. The number of rotatable bonds is 6. The number of anilines is 1. The van der Waals surface area contributed by atoms with Crippen molar-refractivity contribution in [3.63, 3.8) is 0 Å². The zero-order chi connectivity index (χ0) is 25.8. The Bertz CT molecular complexity index is 1130. The number of aromatic carboxylic acids is 1. The van der Waals surface area contributed by atoms with E-state index in [9.17, 15) is 24.3 Å². The number of thioether (sulfide) groups is 1. The van der Waals surface area contributed by atoms with Gasteiger partial charge in [-0.2, -0.15) is 0 Å². The van der Waals surface area contributed by atoms with Crippen molar-refractivity contribution >= 4 is 41.3 Å². The Hall–Kier alpha value is -3.53. The quantitative estimate of drug-likeness (QED) is 0.586. The van der Waals surface area contributed by atoms with Crippen molar-refractivity contribution in [2.24, 2.45) is 0 Å². The van der Waals surface area contributed by atoms with E-state index in [1.165, 1.54) is 40.9 Å². The Morgan fingerprint density at radius 1 is 1.11 bits per heavy atom. The van der Waals surface area contributed by atoms with Gasteiger partial charge in [-0.3, -0.25) is 4.79 Å². The van der Waals surface area contributed by atoms with Gasteiger partial charge in [0.05, 0.1) is 12.5 Å². The molecule has 0 aromatic heterocycles. The average molecular weight is 499 g/mol. The predicted molar refractivity (Wildman–Crippen MR) is 131 cm³/mol. The number of carbonyl (C=O) groups excluding carboxylic acids is 4. The van der Waals surface area contributed by atoms with Gasteiger partial charge in [0.25, 0.3) is 0 Å². The molecule has 2 aromatic rings. The second-order valence-corrected chi connectivity index (χ2v) is 10.2. The van der Waals surface area contributed by atoms with Crippen LogP contribution in [0, 0.1) is 6.92 Å². The summed E-state index contributed by atoms with van der Waals surface area (Å²) < 4.78 is 5.55. The fourth-order valence-corrected chi connectivity index (χ4v) is 5.14. The summed E-state index contributed by atoms with van der Waals surface area (Å²) in [6.07, 6.45) is 0. The Morgan fingerprint density at radius 2 is 1.83 bits per heavy atom. The molecule has 35 heavy (non-hydrogen) atoms. The van der Waals surface area contributed by atoms with Crippen molar-refractivity contribution in [2.45, 2.75) is 44.7 Å². The lowest BCUT2D eigenvalue weighted by atomic mass is 10.1. The zero-order valence-corrected chi connectivity index (χ0v) is 20.8. The number of urea groups is 1. The van der Waals surface area contributed by atoms with Gasteiger partial charge in [0.15, 0.2) is 0 Å². The fraction of sp³-hybridized carbons (Fsp3) is 0.360. The summed E-state index contributed by atoms with van der Waals surface area (Å²) in [5.41, 5.74) is 1.31. The monoisotopic (exact) mass is 498 g/mol. The topological polar surface area (TPSA) is 128 Å². The highest BCUT2D eigenvalue weighted by Crippen LogP contribution is 2.43. The maximum Gasteiger partial charge on any atom is 0.330 e. The van der Waals surface area contributed by atoms with Gasteiger partial charge in [-0.05, 0) is 56.5 Å². The average Bonchev–Trinajstić information content (AvgIpc) is 3.22. The van der Waals surface area contributed by atoms with Gasteiger partial charge in [-0.15, -0.1) is 11.8 Å². The molecule has 9 nitrogen and oxygen atoms in total. The van der Waals surface area contributed by atoms with Crippen molar-refractivity contribution in [1.29, 1.82) is 0 Å². The summed E-state index contributed by atoms with van der Waals surface area (Å²) >= 11 is 1.46. The Kier molecular flexibility index (Phi) is 8.06. The molecule has 1 saturated heterocycles. The van der Waals surface area contributed by atoms with Crippen molar-refractivity contribution in [3.05, 3.63) is 65.2 Å². The highest BCUT2D eigenvalue weighted by molar-refractivity contribution is 7.99. The minimum absolute atomic E-state index is 0.0887. The van der Waals surface area contributed by atoms with Crippen molar-refractivity contribution in [1.82, 2.24) is 10.2 Å². The highest BCUT2D eigenvalue weighted by atomic mass is 32.2. The van der Waals surface area contributed by atoms with Crippen LogP contribution in [0.15, 0.2) is 48.5 Å². The number of nitrogens with one attached hydrogen (secondary N) is 2. The van der Waals surface area contributed by atoms with Gasteiger partial charge in [-0.25, -0.2) is 9.59 Å². The molecule has 0 saturated carbocycles. The number of esters is 1. The van der Waals surface area contributed by atoms with E-state index < -0.39 is 40.9 Å². The first-order valence-corrected chi connectivity index (χ1v) is 12.1. The molecule has 0 radical (unpaired) electrons. The highest BCUT2D eigenvalue weighted by Gasteiger charge is 2.44. The van der Waals surface area contributed by atoms with E-state index in [2.05, 4.69) is 10.6 Å².